The second-order valence-corrected chi connectivity index (χ2v) is 8.84. The highest BCUT2D eigenvalue weighted by Crippen LogP contribution is 2.40. The normalized spacial score (nSPS) is 11.0. The number of unbranched alkanes of at least 4 members (excludes halogenated alkanes) is 5. The first kappa shape index (κ1) is 26.9. The van der Waals surface area contributed by atoms with Gasteiger partial charge in [-0.2, -0.15) is 5.26 Å². The van der Waals surface area contributed by atoms with Crippen LogP contribution in [0.1, 0.15) is 75.1 Å². The molecule has 0 saturated heterocycles. The van der Waals surface area contributed by atoms with Gasteiger partial charge in [0, 0.05) is 36.2 Å². The van der Waals surface area contributed by atoms with E-state index in [0.29, 0.717) is 42.9 Å². The smallest absolute Gasteiger partial charge is 0.336 e. The standard InChI is InChI=1S/C28H34N2O6/c1-2-16-36-24-19-20(35-17-10-13-25(31)32)18-22-26-21(28(33)34)11-9-12-23(26)30(27(22)24)15-8-6-4-3-5-7-14-29/h9,11-12,18-19H,2-8,10,13,15-17H2,1H3,(H,31,32)(H,33,34). The van der Waals surface area contributed by atoms with Gasteiger partial charge < -0.3 is 24.3 Å². The third-order valence-corrected chi connectivity index (χ3v) is 6.09. The van der Waals surface area contributed by atoms with Crippen LogP contribution in [-0.4, -0.2) is 39.9 Å². The Morgan fingerprint density at radius 3 is 2.50 bits per heavy atom. The van der Waals surface area contributed by atoms with Gasteiger partial charge in [-0.1, -0.05) is 32.3 Å². The molecular weight excluding hydrogens is 460 g/mol. The third kappa shape index (κ3) is 6.69. The highest BCUT2D eigenvalue weighted by Gasteiger charge is 2.21. The van der Waals surface area contributed by atoms with E-state index in [1.807, 2.05) is 25.1 Å². The summed E-state index contributed by atoms with van der Waals surface area (Å²) in [5, 5.41) is 28.9. The molecule has 1 aromatic heterocycles. The molecule has 0 bridgehead atoms. The van der Waals surface area contributed by atoms with Crippen molar-refractivity contribution >= 4 is 33.7 Å². The summed E-state index contributed by atoms with van der Waals surface area (Å²) < 4.78 is 14.1. The molecule has 2 N–H and O–H groups in total. The van der Waals surface area contributed by atoms with Crippen LogP contribution in [0.25, 0.3) is 21.8 Å². The van der Waals surface area contributed by atoms with Crippen molar-refractivity contribution < 1.29 is 29.3 Å². The number of carboxylic acid groups (broad SMARTS) is 2. The number of aryl methyl sites for hydroxylation is 1. The van der Waals surface area contributed by atoms with Crippen LogP contribution in [-0.2, 0) is 11.3 Å². The molecule has 0 fully saturated rings. The summed E-state index contributed by atoms with van der Waals surface area (Å²) in [4.78, 5) is 23.0. The van der Waals surface area contributed by atoms with Crippen molar-refractivity contribution in [2.45, 2.75) is 71.3 Å². The van der Waals surface area contributed by atoms with Crippen molar-refractivity contribution in [2.24, 2.45) is 0 Å². The number of hydrogen-bond donors (Lipinski definition) is 2. The number of hydrogen-bond acceptors (Lipinski definition) is 5. The molecule has 0 spiro atoms. The minimum atomic E-state index is -0.999. The molecule has 0 aliphatic rings. The Bertz CT molecular complexity index is 1240. The first-order valence-corrected chi connectivity index (χ1v) is 12.6. The molecule has 8 heteroatoms. The van der Waals surface area contributed by atoms with E-state index in [4.69, 9.17) is 19.8 Å². The summed E-state index contributed by atoms with van der Waals surface area (Å²) in [7, 11) is 0. The third-order valence-electron chi connectivity index (χ3n) is 6.09. The van der Waals surface area contributed by atoms with Crippen molar-refractivity contribution in [3.63, 3.8) is 0 Å². The van der Waals surface area contributed by atoms with E-state index in [0.717, 1.165) is 54.9 Å². The van der Waals surface area contributed by atoms with Crippen LogP contribution in [0.5, 0.6) is 11.5 Å². The number of fused-ring (bicyclic) bond motifs is 3. The predicted molar refractivity (Wildman–Crippen MR) is 138 cm³/mol. The van der Waals surface area contributed by atoms with E-state index < -0.39 is 11.9 Å². The van der Waals surface area contributed by atoms with Crippen LogP contribution in [0, 0.1) is 11.3 Å². The number of nitriles is 1. The molecule has 0 aliphatic heterocycles. The van der Waals surface area contributed by atoms with Gasteiger partial charge in [0.2, 0.25) is 0 Å². The molecule has 0 saturated carbocycles. The van der Waals surface area contributed by atoms with Gasteiger partial charge in [-0.25, -0.2) is 4.79 Å². The summed E-state index contributed by atoms with van der Waals surface area (Å²) in [5.74, 6) is -0.721. The van der Waals surface area contributed by atoms with Crippen LogP contribution in [0.15, 0.2) is 30.3 Å². The summed E-state index contributed by atoms with van der Waals surface area (Å²) in [6.45, 7) is 3.47. The number of nitrogens with zero attached hydrogens (tertiary/aromatic N) is 2. The molecule has 0 radical (unpaired) electrons. The fraction of sp³-hybridized carbons (Fsp3) is 0.464. The fourth-order valence-electron chi connectivity index (χ4n) is 4.45. The largest absolute Gasteiger partial charge is 0.493 e. The van der Waals surface area contributed by atoms with Gasteiger partial charge in [0.25, 0.3) is 0 Å². The van der Waals surface area contributed by atoms with Crippen molar-refractivity contribution in [1.29, 1.82) is 5.26 Å². The lowest BCUT2D eigenvalue weighted by Gasteiger charge is -2.14. The van der Waals surface area contributed by atoms with Gasteiger partial charge in [0.05, 0.1) is 35.9 Å². The molecule has 8 nitrogen and oxygen atoms in total. The summed E-state index contributed by atoms with van der Waals surface area (Å²) in [6.07, 6.45) is 6.71. The Balaban J connectivity index is 2.02. The maximum Gasteiger partial charge on any atom is 0.336 e. The predicted octanol–water partition coefficient (Wildman–Crippen LogP) is 6.39. The van der Waals surface area contributed by atoms with Crippen molar-refractivity contribution in [3.8, 4) is 17.6 Å². The minimum Gasteiger partial charge on any atom is -0.493 e. The van der Waals surface area contributed by atoms with Crippen LogP contribution >= 0.6 is 0 Å². The monoisotopic (exact) mass is 494 g/mol. The molecule has 0 aliphatic carbocycles. The molecule has 2 aromatic carbocycles. The lowest BCUT2D eigenvalue weighted by atomic mass is 10.1. The van der Waals surface area contributed by atoms with Gasteiger partial charge in [-0.05, 0) is 43.9 Å². The average molecular weight is 495 g/mol. The molecule has 3 rings (SSSR count). The summed E-state index contributed by atoms with van der Waals surface area (Å²) >= 11 is 0. The van der Waals surface area contributed by atoms with Gasteiger partial charge in [0.1, 0.15) is 11.5 Å². The number of carboxylic acids is 2. The summed E-state index contributed by atoms with van der Waals surface area (Å²) in [5.41, 5.74) is 1.89. The van der Waals surface area contributed by atoms with E-state index in [-0.39, 0.29) is 18.6 Å². The van der Waals surface area contributed by atoms with Gasteiger partial charge in [-0.3, -0.25) is 4.79 Å². The minimum absolute atomic E-state index is 0.0143. The maximum absolute atomic E-state index is 12.1. The van der Waals surface area contributed by atoms with Crippen LogP contribution in [0.3, 0.4) is 0 Å². The van der Waals surface area contributed by atoms with E-state index in [1.165, 1.54) is 0 Å². The van der Waals surface area contributed by atoms with E-state index >= 15 is 0 Å². The zero-order chi connectivity index (χ0) is 25.9. The van der Waals surface area contributed by atoms with Crippen molar-refractivity contribution in [2.75, 3.05) is 13.2 Å². The number of rotatable bonds is 16. The molecule has 1 heterocycles. The quantitative estimate of drug-likeness (QED) is 0.221. The first-order valence-electron chi connectivity index (χ1n) is 12.6. The Morgan fingerprint density at radius 2 is 1.78 bits per heavy atom. The Kier molecular flexibility index (Phi) is 9.99. The molecule has 0 unspecified atom stereocenters. The first-order chi connectivity index (χ1) is 17.5. The van der Waals surface area contributed by atoms with E-state index in [2.05, 4.69) is 10.6 Å². The zero-order valence-electron chi connectivity index (χ0n) is 20.8. The van der Waals surface area contributed by atoms with Gasteiger partial charge >= 0.3 is 11.9 Å². The number of ether oxygens (including phenoxy) is 2. The van der Waals surface area contributed by atoms with Crippen LogP contribution in [0.4, 0.5) is 0 Å². The SMILES string of the molecule is CCCOc1cc(OCCCC(=O)O)cc2c3c(C(=O)O)cccc3n(CCCCCCCC#N)c12. The number of aromatic nitrogens is 1. The number of aromatic carboxylic acids is 1. The second kappa shape index (κ2) is 13.4. The van der Waals surface area contributed by atoms with Crippen LogP contribution in [0.2, 0.25) is 0 Å². The van der Waals surface area contributed by atoms with E-state index in [9.17, 15) is 14.7 Å². The fourth-order valence-corrected chi connectivity index (χ4v) is 4.45. The molecule has 36 heavy (non-hydrogen) atoms. The van der Waals surface area contributed by atoms with Crippen molar-refractivity contribution in [3.05, 3.63) is 35.9 Å². The highest BCUT2D eigenvalue weighted by molar-refractivity contribution is 6.18. The maximum atomic E-state index is 12.1. The molecular formula is C28H34N2O6. The number of carbonyl (C=O) groups is 2. The molecule has 192 valence electrons. The van der Waals surface area contributed by atoms with Crippen LogP contribution < -0.4 is 9.47 Å². The Hall–Kier alpha value is -3.73. The second-order valence-electron chi connectivity index (χ2n) is 8.84. The highest BCUT2D eigenvalue weighted by atomic mass is 16.5. The van der Waals surface area contributed by atoms with Gasteiger partial charge in [0.15, 0.2) is 0 Å². The summed E-state index contributed by atoms with van der Waals surface area (Å²) in [6, 6.07) is 11.1. The Labute approximate surface area is 211 Å². The van der Waals surface area contributed by atoms with Crippen molar-refractivity contribution in [1.82, 2.24) is 4.57 Å². The average Bonchev–Trinajstić information content (AvgIpc) is 3.18. The molecule has 3 aromatic rings. The molecule has 0 amide bonds. The topological polar surface area (TPSA) is 122 Å². The molecule has 0 atom stereocenters. The van der Waals surface area contributed by atoms with E-state index in [1.54, 1.807) is 12.1 Å². The zero-order valence-corrected chi connectivity index (χ0v) is 20.8. The lowest BCUT2D eigenvalue weighted by molar-refractivity contribution is -0.137. The van der Waals surface area contributed by atoms with Gasteiger partial charge in [-0.15, -0.1) is 0 Å². The number of benzene rings is 2. The lowest BCUT2D eigenvalue weighted by Crippen LogP contribution is -2.04. The Morgan fingerprint density at radius 1 is 1.00 bits per heavy atom. The number of aliphatic carboxylic acids is 1.